The first-order valence-corrected chi connectivity index (χ1v) is 7.70. The van der Waals surface area contributed by atoms with Gasteiger partial charge in [0.25, 0.3) is 0 Å². The average Bonchev–Trinajstić information content (AvgIpc) is 2.56. The number of benzene rings is 1. The van der Waals surface area contributed by atoms with Gasteiger partial charge in [-0.2, -0.15) is 0 Å². The Morgan fingerprint density at radius 1 is 1.05 bits per heavy atom. The molecule has 1 aromatic heterocycles. The Bertz CT molecular complexity index is 649. The van der Waals surface area contributed by atoms with Crippen molar-refractivity contribution >= 4 is 5.97 Å². The van der Waals surface area contributed by atoms with Crippen molar-refractivity contribution in [3.05, 3.63) is 48.0 Å². The standard InChI is InChI=1S/C18H19NO3/c20-18(21)15-11-12-16(13-7-3-1-4-8-13)19-17(15)22-14-9-5-2-6-10-14/h1,3-4,7-8,11-12,14H,2,5-6,9-10H2,(H,20,21). The number of aromatic carboxylic acids is 1. The van der Waals surface area contributed by atoms with Crippen LogP contribution in [0.25, 0.3) is 11.3 Å². The highest BCUT2D eigenvalue weighted by Crippen LogP contribution is 2.27. The van der Waals surface area contributed by atoms with Gasteiger partial charge in [-0.3, -0.25) is 0 Å². The molecule has 0 aliphatic heterocycles. The number of hydrogen-bond donors (Lipinski definition) is 1. The van der Waals surface area contributed by atoms with Crippen molar-refractivity contribution in [1.82, 2.24) is 4.98 Å². The molecule has 2 aromatic rings. The monoisotopic (exact) mass is 297 g/mol. The van der Waals surface area contributed by atoms with Crippen LogP contribution in [0.15, 0.2) is 42.5 Å². The van der Waals surface area contributed by atoms with Crippen LogP contribution in [0.4, 0.5) is 0 Å². The summed E-state index contributed by atoms with van der Waals surface area (Å²) in [6, 6.07) is 13.0. The van der Waals surface area contributed by atoms with Gasteiger partial charge < -0.3 is 9.84 Å². The van der Waals surface area contributed by atoms with E-state index < -0.39 is 5.97 Å². The zero-order valence-electron chi connectivity index (χ0n) is 12.4. The molecule has 4 nitrogen and oxygen atoms in total. The minimum Gasteiger partial charge on any atom is -0.477 e. The Kier molecular flexibility index (Phi) is 4.37. The minimum atomic E-state index is -1.00. The summed E-state index contributed by atoms with van der Waals surface area (Å²) in [6.07, 6.45) is 5.50. The maximum atomic E-state index is 11.4. The predicted molar refractivity (Wildman–Crippen MR) is 84.1 cm³/mol. The molecule has 0 amide bonds. The van der Waals surface area contributed by atoms with Crippen LogP contribution in [0.1, 0.15) is 42.5 Å². The highest BCUT2D eigenvalue weighted by Gasteiger charge is 2.20. The van der Waals surface area contributed by atoms with E-state index in [4.69, 9.17) is 4.74 Å². The maximum absolute atomic E-state index is 11.4. The van der Waals surface area contributed by atoms with Gasteiger partial charge in [0.1, 0.15) is 11.7 Å². The molecule has 1 saturated carbocycles. The summed E-state index contributed by atoms with van der Waals surface area (Å²) >= 11 is 0. The predicted octanol–water partition coefficient (Wildman–Crippen LogP) is 4.16. The molecule has 1 N–H and O–H groups in total. The van der Waals surface area contributed by atoms with Crippen LogP contribution in [0.3, 0.4) is 0 Å². The van der Waals surface area contributed by atoms with E-state index in [-0.39, 0.29) is 17.5 Å². The lowest BCUT2D eigenvalue weighted by Crippen LogP contribution is -2.21. The fourth-order valence-electron chi connectivity index (χ4n) is 2.80. The van der Waals surface area contributed by atoms with Gasteiger partial charge in [-0.05, 0) is 37.8 Å². The van der Waals surface area contributed by atoms with Gasteiger partial charge in [0.15, 0.2) is 0 Å². The van der Waals surface area contributed by atoms with Gasteiger partial charge in [-0.1, -0.05) is 36.8 Å². The number of rotatable bonds is 4. The second-order valence-corrected chi connectivity index (χ2v) is 5.60. The van der Waals surface area contributed by atoms with Crippen molar-refractivity contribution in [2.45, 2.75) is 38.2 Å². The van der Waals surface area contributed by atoms with Crippen LogP contribution in [0.2, 0.25) is 0 Å². The Hall–Kier alpha value is -2.36. The van der Waals surface area contributed by atoms with E-state index >= 15 is 0 Å². The Labute approximate surface area is 129 Å². The van der Waals surface area contributed by atoms with Crippen molar-refractivity contribution in [2.24, 2.45) is 0 Å². The quantitative estimate of drug-likeness (QED) is 0.920. The van der Waals surface area contributed by atoms with Gasteiger partial charge in [0.05, 0.1) is 5.69 Å². The molecular formula is C18H19NO3. The van der Waals surface area contributed by atoms with E-state index in [1.165, 1.54) is 6.42 Å². The molecule has 0 bridgehead atoms. The zero-order valence-corrected chi connectivity index (χ0v) is 12.4. The molecule has 0 atom stereocenters. The number of hydrogen-bond acceptors (Lipinski definition) is 3. The summed E-state index contributed by atoms with van der Waals surface area (Å²) in [5.74, 6) is -0.765. The fraction of sp³-hybridized carbons (Fsp3) is 0.333. The van der Waals surface area contributed by atoms with Gasteiger partial charge in [0, 0.05) is 5.56 Å². The van der Waals surface area contributed by atoms with Crippen LogP contribution >= 0.6 is 0 Å². The maximum Gasteiger partial charge on any atom is 0.341 e. The van der Waals surface area contributed by atoms with E-state index in [9.17, 15) is 9.90 Å². The SMILES string of the molecule is O=C(O)c1ccc(-c2ccccc2)nc1OC1CCCCC1. The second kappa shape index (κ2) is 6.60. The topological polar surface area (TPSA) is 59.4 Å². The van der Waals surface area contributed by atoms with E-state index in [2.05, 4.69) is 4.98 Å². The zero-order chi connectivity index (χ0) is 15.4. The molecule has 0 unspecified atom stereocenters. The molecule has 0 saturated heterocycles. The Morgan fingerprint density at radius 3 is 2.45 bits per heavy atom. The lowest BCUT2D eigenvalue weighted by molar-refractivity contribution is 0.0684. The van der Waals surface area contributed by atoms with Crippen LogP contribution in [0.5, 0.6) is 5.88 Å². The first-order valence-electron chi connectivity index (χ1n) is 7.70. The van der Waals surface area contributed by atoms with E-state index in [1.807, 2.05) is 30.3 Å². The Morgan fingerprint density at radius 2 is 1.77 bits per heavy atom. The van der Waals surface area contributed by atoms with E-state index in [0.717, 1.165) is 36.9 Å². The first kappa shape index (κ1) is 14.6. The molecule has 1 heterocycles. The minimum absolute atomic E-state index is 0.0744. The summed E-state index contributed by atoms with van der Waals surface area (Å²) in [4.78, 5) is 15.8. The largest absolute Gasteiger partial charge is 0.477 e. The normalized spacial score (nSPS) is 15.5. The molecule has 114 valence electrons. The van der Waals surface area contributed by atoms with Crippen LogP contribution in [0, 0.1) is 0 Å². The molecule has 4 heteroatoms. The second-order valence-electron chi connectivity index (χ2n) is 5.60. The molecule has 1 aliphatic carbocycles. The van der Waals surface area contributed by atoms with Crippen LogP contribution in [-0.4, -0.2) is 22.2 Å². The van der Waals surface area contributed by atoms with Crippen LogP contribution < -0.4 is 4.74 Å². The number of pyridine rings is 1. The van der Waals surface area contributed by atoms with E-state index in [0.29, 0.717) is 0 Å². The van der Waals surface area contributed by atoms with Crippen LogP contribution in [-0.2, 0) is 0 Å². The van der Waals surface area contributed by atoms with Crippen molar-refractivity contribution in [3.8, 4) is 17.1 Å². The molecule has 0 spiro atoms. The number of carboxylic acid groups (broad SMARTS) is 1. The third-order valence-corrected chi connectivity index (χ3v) is 3.99. The molecule has 0 radical (unpaired) electrons. The fourth-order valence-corrected chi connectivity index (χ4v) is 2.80. The number of nitrogens with zero attached hydrogens (tertiary/aromatic N) is 1. The van der Waals surface area contributed by atoms with Crippen molar-refractivity contribution in [3.63, 3.8) is 0 Å². The third kappa shape index (κ3) is 3.27. The lowest BCUT2D eigenvalue weighted by Gasteiger charge is -2.23. The van der Waals surface area contributed by atoms with Gasteiger partial charge >= 0.3 is 5.97 Å². The van der Waals surface area contributed by atoms with Gasteiger partial charge in [-0.25, -0.2) is 9.78 Å². The summed E-state index contributed by atoms with van der Waals surface area (Å²) in [5.41, 5.74) is 1.81. The average molecular weight is 297 g/mol. The summed E-state index contributed by atoms with van der Waals surface area (Å²) in [7, 11) is 0. The molecular weight excluding hydrogens is 278 g/mol. The van der Waals surface area contributed by atoms with Crippen molar-refractivity contribution in [2.75, 3.05) is 0 Å². The number of aromatic nitrogens is 1. The number of carboxylic acids is 1. The highest BCUT2D eigenvalue weighted by atomic mass is 16.5. The first-order chi connectivity index (χ1) is 10.7. The third-order valence-electron chi connectivity index (χ3n) is 3.99. The van der Waals surface area contributed by atoms with Gasteiger partial charge in [0.2, 0.25) is 5.88 Å². The van der Waals surface area contributed by atoms with Crippen molar-refractivity contribution in [1.29, 1.82) is 0 Å². The number of carbonyl (C=O) groups is 1. The van der Waals surface area contributed by atoms with E-state index in [1.54, 1.807) is 12.1 Å². The lowest BCUT2D eigenvalue weighted by atomic mass is 9.98. The molecule has 1 aliphatic rings. The summed E-state index contributed by atoms with van der Waals surface area (Å²) in [5, 5.41) is 9.34. The molecule has 22 heavy (non-hydrogen) atoms. The smallest absolute Gasteiger partial charge is 0.341 e. The molecule has 3 rings (SSSR count). The molecule has 1 aromatic carbocycles. The summed E-state index contributed by atoms with van der Waals surface area (Å²) in [6.45, 7) is 0. The Balaban J connectivity index is 1.92. The van der Waals surface area contributed by atoms with Gasteiger partial charge in [-0.15, -0.1) is 0 Å². The highest BCUT2D eigenvalue weighted by molar-refractivity contribution is 5.90. The summed E-state index contributed by atoms with van der Waals surface area (Å²) < 4.78 is 5.92. The van der Waals surface area contributed by atoms with Crippen molar-refractivity contribution < 1.29 is 14.6 Å². The molecule has 1 fully saturated rings. The number of ether oxygens (including phenoxy) is 1.